The number of hydrogen-bond donors (Lipinski definition) is 1. The van der Waals surface area contributed by atoms with Crippen molar-refractivity contribution in [3.05, 3.63) is 65.7 Å². The molecule has 2 heterocycles. The molecule has 4 rings (SSSR count). The molecule has 136 valence electrons. The Morgan fingerprint density at radius 1 is 0.962 bits per heavy atom. The predicted octanol–water partition coefficient (Wildman–Crippen LogP) is 3.59. The lowest BCUT2D eigenvalue weighted by atomic mass is 9.90. The molecule has 2 aliphatic heterocycles. The first-order valence-corrected chi connectivity index (χ1v) is 9.53. The molecule has 0 saturated carbocycles. The molecule has 2 aromatic carbocycles. The number of piperidine rings is 1. The number of aliphatic carboxylic acids is 1. The first kappa shape index (κ1) is 17.1. The number of benzene rings is 2. The van der Waals surface area contributed by atoms with E-state index in [0.29, 0.717) is 5.92 Å². The lowest BCUT2D eigenvalue weighted by Crippen LogP contribution is -2.45. The van der Waals surface area contributed by atoms with Gasteiger partial charge in [0.2, 0.25) is 0 Å². The number of carboxylic acids is 1. The van der Waals surface area contributed by atoms with E-state index >= 15 is 0 Å². The Labute approximate surface area is 155 Å². The number of para-hydroxylation sites is 1. The van der Waals surface area contributed by atoms with E-state index < -0.39 is 5.97 Å². The van der Waals surface area contributed by atoms with Crippen molar-refractivity contribution >= 4 is 11.7 Å². The van der Waals surface area contributed by atoms with Crippen molar-refractivity contribution in [2.45, 2.75) is 25.3 Å². The third kappa shape index (κ3) is 3.75. The van der Waals surface area contributed by atoms with Crippen LogP contribution in [-0.4, -0.2) is 42.2 Å². The first-order chi connectivity index (χ1) is 12.7. The molecule has 0 aliphatic carbocycles. The van der Waals surface area contributed by atoms with Crippen LogP contribution in [0.1, 0.15) is 29.9 Å². The minimum absolute atomic E-state index is 0.153. The van der Waals surface area contributed by atoms with Gasteiger partial charge in [0.25, 0.3) is 0 Å². The van der Waals surface area contributed by atoms with Gasteiger partial charge in [0, 0.05) is 31.2 Å². The number of carbonyl (C=O) groups is 1. The van der Waals surface area contributed by atoms with Crippen LogP contribution < -0.4 is 4.90 Å². The van der Waals surface area contributed by atoms with Crippen LogP contribution in [0.2, 0.25) is 0 Å². The molecule has 1 N–H and O–H groups in total. The molecule has 0 aromatic heterocycles. The van der Waals surface area contributed by atoms with Crippen LogP contribution in [0.3, 0.4) is 0 Å². The summed E-state index contributed by atoms with van der Waals surface area (Å²) in [5.41, 5.74) is 4.05. The van der Waals surface area contributed by atoms with Crippen molar-refractivity contribution < 1.29 is 9.90 Å². The van der Waals surface area contributed by atoms with Crippen LogP contribution >= 0.6 is 0 Å². The minimum Gasteiger partial charge on any atom is -0.481 e. The minimum atomic E-state index is -0.640. The second kappa shape index (κ2) is 7.50. The van der Waals surface area contributed by atoms with E-state index in [1.165, 1.54) is 16.8 Å². The van der Waals surface area contributed by atoms with Crippen LogP contribution in [0.5, 0.6) is 0 Å². The van der Waals surface area contributed by atoms with Gasteiger partial charge >= 0.3 is 5.97 Å². The number of rotatable bonds is 5. The molecule has 0 bridgehead atoms. The fourth-order valence-corrected chi connectivity index (χ4v) is 4.03. The monoisotopic (exact) mass is 350 g/mol. The second-order valence-electron chi connectivity index (χ2n) is 7.57. The van der Waals surface area contributed by atoms with Crippen LogP contribution in [-0.2, 0) is 11.3 Å². The molecule has 0 unspecified atom stereocenters. The molecule has 2 aliphatic rings. The standard InChI is InChI=1S/C22H26N2O2/c25-22(26)19-10-12-23(13-11-19)14-17-6-8-18(9-7-17)20-15-24(16-20)21-4-2-1-3-5-21/h1-9,19-20H,10-16H2,(H,25,26). The Hall–Kier alpha value is -2.33. The highest BCUT2D eigenvalue weighted by molar-refractivity contribution is 5.70. The van der Waals surface area contributed by atoms with Crippen LogP contribution in [0.15, 0.2) is 54.6 Å². The highest BCUT2D eigenvalue weighted by Gasteiger charge is 2.28. The molecule has 2 fully saturated rings. The largest absolute Gasteiger partial charge is 0.481 e. The number of carboxylic acid groups (broad SMARTS) is 1. The lowest BCUT2D eigenvalue weighted by molar-refractivity contribution is -0.143. The number of likely N-dealkylation sites (tertiary alicyclic amines) is 1. The zero-order chi connectivity index (χ0) is 17.9. The Bertz CT molecular complexity index is 730. The smallest absolute Gasteiger partial charge is 0.306 e. The van der Waals surface area contributed by atoms with Gasteiger partial charge in [-0.05, 0) is 49.2 Å². The quantitative estimate of drug-likeness (QED) is 0.895. The molecule has 0 radical (unpaired) electrons. The van der Waals surface area contributed by atoms with Gasteiger partial charge in [0.05, 0.1) is 5.92 Å². The summed E-state index contributed by atoms with van der Waals surface area (Å²) in [4.78, 5) is 15.8. The van der Waals surface area contributed by atoms with E-state index in [4.69, 9.17) is 5.11 Å². The van der Waals surface area contributed by atoms with Gasteiger partial charge in [-0.2, -0.15) is 0 Å². The van der Waals surface area contributed by atoms with Gasteiger partial charge in [-0.15, -0.1) is 0 Å². The van der Waals surface area contributed by atoms with Gasteiger partial charge in [0.1, 0.15) is 0 Å². The van der Waals surface area contributed by atoms with Crippen molar-refractivity contribution in [2.24, 2.45) is 5.92 Å². The topological polar surface area (TPSA) is 43.8 Å². The van der Waals surface area contributed by atoms with Crippen LogP contribution in [0.4, 0.5) is 5.69 Å². The van der Waals surface area contributed by atoms with E-state index in [2.05, 4.69) is 64.4 Å². The predicted molar refractivity (Wildman–Crippen MR) is 103 cm³/mol. The van der Waals surface area contributed by atoms with E-state index in [1.54, 1.807) is 0 Å². The van der Waals surface area contributed by atoms with Gasteiger partial charge in [-0.1, -0.05) is 42.5 Å². The summed E-state index contributed by atoms with van der Waals surface area (Å²) in [5, 5.41) is 9.10. The van der Waals surface area contributed by atoms with Gasteiger partial charge in [-0.25, -0.2) is 0 Å². The van der Waals surface area contributed by atoms with Gasteiger partial charge in [-0.3, -0.25) is 9.69 Å². The summed E-state index contributed by atoms with van der Waals surface area (Å²) in [6.45, 7) is 4.87. The molecule has 0 amide bonds. The van der Waals surface area contributed by atoms with Crippen LogP contribution in [0, 0.1) is 5.92 Å². The highest BCUT2D eigenvalue weighted by Crippen LogP contribution is 2.31. The molecule has 4 nitrogen and oxygen atoms in total. The van der Waals surface area contributed by atoms with Crippen molar-refractivity contribution in [1.29, 1.82) is 0 Å². The average Bonchev–Trinajstić information content (AvgIpc) is 2.63. The van der Waals surface area contributed by atoms with E-state index in [1.807, 2.05) is 0 Å². The Kier molecular flexibility index (Phi) is 4.93. The van der Waals surface area contributed by atoms with E-state index in [9.17, 15) is 4.79 Å². The van der Waals surface area contributed by atoms with Crippen LogP contribution in [0.25, 0.3) is 0 Å². The molecule has 2 aromatic rings. The third-order valence-electron chi connectivity index (χ3n) is 5.80. The maximum absolute atomic E-state index is 11.0. The van der Waals surface area contributed by atoms with E-state index in [0.717, 1.165) is 45.6 Å². The average molecular weight is 350 g/mol. The molecule has 26 heavy (non-hydrogen) atoms. The second-order valence-corrected chi connectivity index (χ2v) is 7.57. The van der Waals surface area contributed by atoms with Crippen molar-refractivity contribution in [2.75, 3.05) is 31.1 Å². The summed E-state index contributed by atoms with van der Waals surface area (Å²) in [7, 11) is 0. The van der Waals surface area contributed by atoms with Crippen molar-refractivity contribution in [3.63, 3.8) is 0 Å². The third-order valence-corrected chi connectivity index (χ3v) is 5.80. The van der Waals surface area contributed by atoms with Crippen molar-refractivity contribution in [3.8, 4) is 0 Å². The Balaban J connectivity index is 1.28. The van der Waals surface area contributed by atoms with Gasteiger partial charge in [0.15, 0.2) is 0 Å². The number of hydrogen-bond acceptors (Lipinski definition) is 3. The maximum atomic E-state index is 11.0. The highest BCUT2D eigenvalue weighted by atomic mass is 16.4. The summed E-state index contributed by atoms with van der Waals surface area (Å²) >= 11 is 0. The lowest BCUT2D eigenvalue weighted by Gasteiger charge is -2.41. The summed E-state index contributed by atoms with van der Waals surface area (Å²) in [6, 6.07) is 19.6. The molecule has 4 heteroatoms. The number of nitrogens with zero attached hydrogens (tertiary/aromatic N) is 2. The molecule has 0 spiro atoms. The molecule has 2 saturated heterocycles. The zero-order valence-corrected chi connectivity index (χ0v) is 15.1. The fourth-order valence-electron chi connectivity index (χ4n) is 4.03. The molecular formula is C22H26N2O2. The summed E-state index contributed by atoms with van der Waals surface area (Å²) < 4.78 is 0. The SMILES string of the molecule is O=C(O)C1CCN(Cc2ccc(C3CN(c4ccccc4)C3)cc2)CC1. The fraction of sp³-hybridized carbons (Fsp3) is 0.409. The Morgan fingerprint density at radius 2 is 1.62 bits per heavy atom. The van der Waals surface area contributed by atoms with Gasteiger partial charge < -0.3 is 10.0 Å². The normalized spacial score (nSPS) is 19.3. The molecular weight excluding hydrogens is 324 g/mol. The number of anilines is 1. The Morgan fingerprint density at radius 3 is 2.23 bits per heavy atom. The molecule has 0 atom stereocenters. The van der Waals surface area contributed by atoms with Crippen molar-refractivity contribution in [1.82, 2.24) is 4.90 Å². The summed E-state index contributed by atoms with van der Waals surface area (Å²) in [6.07, 6.45) is 1.54. The zero-order valence-electron chi connectivity index (χ0n) is 15.1. The maximum Gasteiger partial charge on any atom is 0.306 e. The first-order valence-electron chi connectivity index (χ1n) is 9.53. The summed E-state index contributed by atoms with van der Waals surface area (Å²) in [5.74, 6) is -0.172. The van der Waals surface area contributed by atoms with E-state index in [-0.39, 0.29) is 5.92 Å².